The first kappa shape index (κ1) is 16.9. The second-order valence-corrected chi connectivity index (χ2v) is 7.21. The minimum absolute atomic E-state index is 0.110. The standard InChI is InChI=1S/C22H19BrN2O/c1-25-21(15-6-4-3-5-7-15)19-14-17(23)10-13-20(19)24-22(25)16-8-11-18(26-2)12-9-16/h3-14,21H,1-2H3. The van der Waals surface area contributed by atoms with Gasteiger partial charge < -0.3 is 9.64 Å². The number of methoxy groups -OCH3 is 1. The molecule has 1 unspecified atom stereocenters. The number of hydrogen-bond acceptors (Lipinski definition) is 3. The van der Waals surface area contributed by atoms with Crippen LogP contribution in [0.4, 0.5) is 5.69 Å². The predicted octanol–water partition coefficient (Wildman–Crippen LogP) is 5.57. The minimum atomic E-state index is 0.110. The van der Waals surface area contributed by atoms with Crippen LogP contribution in [-0.2, 0) is 0 Å². The van der Waals surface area contributed by atoms with Gasteiger partial charge >= 0.3 is 0 Å². The van der Waals surface area contributed by atoms with Crippen molar-refractivity contribution in [2.75, 3.05) is 14.2 Å². The second kappa shape index (κ2) is 6.96. The molecule has 0 saturated carbocycles. The van der Waals surface area contributed by atoms with Crippen LogP contribution in [0.15, 0.2) is 82.3 Å². The molecule has 3 nitrogen and oxygen atoms in total. The number of rotatable bonds is 3. The Morgan fingerprint density at radius 1 is 0.962 bits per heavy atom. The summed E-state index contributed by atoms with van der Waals surface area (Å²) >= 11 is 3.61. The lowest BCUT2D eigenvalue weighted by Gasteiger charge is -2.36. The maximum Gasteiger partial charge on any atom is 0.137 e. The highest BCUT2D eigenvalue weighted by Crippen LogP contribution is 2.40. The normalized spacial score (nSPS) is 16.0. The van der Waals surface area contributed by atoms with E-state index in [2.05, 4.69) is 76.4 Å². The molecule has 0 bridgehead atoms. The molecule has 1 heterocycles. The zero-order valence-corrected chi connectivity index (χ0v) is 16.3. The third-order valence-electron chi connectivity index (χ3n) is 4.70. The molecule has 0 saturated heterocycles. The highest BCUT2D eigenvalue weighted by atomic mass is 79.9. The van der Waals surface area contributed by atoms with Crippen LogP contribution in [0.3, 0.4) is 0 Å². The minimum Gasteiger partial charge on any atom is -0.497 e. The van der Waals surface area contributed by atoms with Gasteiger partial charge in [-0.05, 0) is 48.0 Å². The van der Waals surface area contributed by atoms with Crippen LogP contribution in [-0.4, -0.2) is 24.9 Å². The molecule has 130 valence electrons. The van der Waals surface area contributed by atoms with Crippen LogP contribution in [0.2, 0.25) is 0 Å². The second-order valence-electron chi connectivity index (χ2n) is 6.29. The molecule has 1 aliphatic heterocycles. The summed E-state index contributed by atoms with van der Waals surface area (Å²) in [6.07, 6.45) is 0. The fourth-order valence-corrected chi connectivity index (χ4v) is 3.80. The summed E-state index contributed by atoms with van der Waals surface area (Å²) in [7, 11) is 3.78. The summed E-state index contributed by atoms with van der Waals surface area (Å²) in [5.41, 5.74) is 4.52. The van der Waals surface area contributed by atoms with Crippen molar-refractivity contribution in [2.24, 2.45) is 4.99 Å². The van der Waals surface area contributed by atoms with Crippen molar-refractivity contribution < 1.29 is 4.74 Å². The Morgan fingerprint density at radius 3 is 2.38 bits per heavy atom. The van der Waals surface area contributed by atoms with Gasteiger partial charge in [0.05, 0.1) is 18.8 Å². The third kappa shape index (κ3) is 3.01. The van der Waals surface area contributed by atoms with E-state index in [4.69, 9.17) is 9.73 Å². The molecular weight excluding hydrogens is 388 g/mol. The quantitative estimate of drug-likeness (QED) is 0.567. The van der Waals surface area contributed by atoms with E-state index in [-0.39, 0.29) is 6.04 Å². The van der Waals surface area contributed by atoms with Crippen LogP contribution in [0, 0.1) is 0 Å². The number of benzene rings is 3. The van der Waals surface area contributed by atoms with Crippen molar-refractivity contribution in [3.05, 3.63) is 94.0 Å². The predicted molar refractivity (Wildman–Crippen MR) is 109 cm³/mol. The number of nitrogens with zero attached hydrogens (tertiary/aromatic N) is 2. The van der Waals surface area contributed by atoms with Gasteiger partial charge in [0.15, 0.2) is 0 Å². The van der Waals surface area contributed by atoms with Crippen molar-refractivity contribution in [3.63, 3.8) is 0 Å². The van der Waals surface area contributed by atoms with Crippen molar-refractivity contribution in [1.29, 1.82) is 0 Å². The van der Waals surface area contributed by atoms with Gasteiger partial charge in [0.1, 0.15) is 11.6 Å². The van der Waals surface area contributed by atoms with Crippen LogP contribution in [0.25, 0.3) is 0 Å². The summed E-state index contributed by atoms with van der Waals surface area (Å²) in [5.74, 6) is 1.80. The maximum atomic E-state index is 5.28. The molecule has 4 rings (SSSR count). The summed E-state index contributed by atoms with van der Waals surface area (Å²) in [6, 6.07) is 25.0. The Labute approximate surface area is 162 Å². The average Bonchev–Trinajstić information content (AvgIpc) is 2.68. The largest absolute Gasteiger partial charge is 0.497 e. The smallest absolute Gasteiger partial charge is 0.137 e. The Balaban J connectivity index is 1.86. The van der Waals surface area contributed by atoms with Crippen molar-refractivity contribution >= 4 is 27.5 Å². The van der Waals surface area contributed by atoms with E-state index in [1.165, 1.54) is 11.1 Å². The van der Waals surface area contributed by atoms with E-state index >= 15 is 0 Å². The average molecular weight is 407 g/mol. The molecule has 3 aromatic rings. The molecule has 1 atom stereocenters. The van der Waals surface area contributed by atoms with E-state index in [9.17, 15) is 0 Å². The lowest BCUT2D eigenvalue weighted by molar-refractivity contribution is 0.414. The maximum absolute atomic E-state index is 5.28. The van der Waals surface area contributed by atoms with Gasteiger partial charge in [-0.15, -0.1) is 0 Å². The molecule has 26 heavy (non-hydrogen) atoms. The third-order valence-corrected chi connectivity index (χ3v) is 5.19. The molecule has 4 heteroatoms. The Kier molecular flexibility index (Phi) is 4.51. The van der Waals surface area contributed by atoms with Crippen molar-refractivity contribution in [3.8, 4) is 5.75 Å². The number of amidine groups is 1. The molecule has 0 aliphatic carbocycles. The van der Waals surface area contributed by atoms with E-state index in [0.717, 1.165) is 27.3 Å². The highest BCUT2D eigenvalue weighted by Gasteiger charge is 2.29. The van der Waals surface area contributed by atoms with E-state index in [0.29, 0.717) is 0 Å². The zero-order valence-electron chi connectivity index (χ0n) is 14.7. The summed E-state index contributed by atoms with van der Waals surface area (Å²) < 4.78 is 6.35. The van der Waals surface area contributed by atoms with Crippen LogP contribution >= 0.6 is 15.9 Å². The van der Waals surface area contributed by atoms with Gasteiger partial charge in [-0.1, -0.05) is 46.3 Å². The first-order valence-corrected chi connectivity index (χ1v) is 9.27. The molecule has 1 aliphatic rings. The number of halogens is 1. The Hall–Kier alpha value is -2.59. The van der Waals surface area contributed by atoms with Gasteiger partial charge in [0, 0.05) is 22.6 Å². The van der Waals surface area contributed by atoms with Gasteiger partial charge in [-0.2, -0.15) is 0 Å². The topological polar surface area (TPSA) is 24.8 Å². The Morgan fingerprint density at radius 2 is 1.69 bits per heavy atom. The van der Waals surface area contributed by atoms with Gasteiger partial charge in [0.25, 0.3) is 0 Å². The number of hydrogen-bond donors (Lipinski definition) is 0. The number of ether oxygens (including phenoxy) is 1. The molecule has 3 aromatic carbocycles. The van der Waals surface area contributed by atoms with Gasteiger partial charge in [0.2, 0.25) is 0 Å². The lowest BCUT2D eigenvalue weighted by Crippen LogP contribution is -2.35. The van der Waals surface area contributed by atoms with E-state index in [1.54, 1.807) is 7.11 Å². The Bertz CT molecular complexity index is 952. The summed E-state index contributed by atoms with van der Waals surface area (Å²) in [4.78, 5) is 7.19. The number of aliphatic imine (C=N–C) groups is 1. The fourth-order valence-electron chi connectivity index (χ4n) is 3.42. The molecule has 0 N–H and O–H groups in total. The van der Waals surface area contributed by atoms with Crippen LogP contribution in [0.1, 0.15) is 22.7 Å². The van der Waals surface area contributed by atoms with Crippen molar-refractivity contribution in [2.45, 2.75) is 6.04 Å². The van der Waals surface area contributed by atoms with E-state index < -0.39 is 0 Å². The monoisotopic (exact) mass is 406 g/mol. The molecule has 0 aromatic heterocycles. The molecule has 0 amide bonds. The van der Waals surface area contributed by atoms with Crippen molar-refractivity contribution in [1.82, 2.24) is 4.90 Å². The SMILES string of the molecule is COc1ccc(C2=Nc3ccc(Br)cc3C(c3ccccc3)N2C)cc1. The van der Waals surface area contributed by atoms with E-state index in [1.807, 2.05) is 24.3 Å². The fraction of sp³-hybridized carbons (Fsp3) is 0.136. The first-order chi connectivity index (χ1) is 12.7. The number of fused-ring (bicyclic) bond motifs is 1. The summed E-state index contributed by atoms with van der Waals surface area (Å²) in [5, 5.41) is 0. The van der Waals surface area contributed by atoms with Gasteiger partial charge in [-0.25, -0.2) is 4.99 Å². The van der Waals surface area contributed by atoms with Crippen LogP contribution < -0.4 is 4.74 Å². The first-order valence-electron chi connectivity index (χ1n) is 8.48. The molecular formula is C22H19BrN2O. The van der Waals surface area contributed by atoms with Crippen LogP contribution in [0.5, 0.6) is 5.75 Å². The molecule has 0 spiro atoms. The molecule has 0 radical (unpaired) electrons. The lowest BCUT2D eigenvalue weighted by atomic mass is 9.93. The highest BCUT2D eigenvalue weighted by molar-refractivity contribution is 9.10. The zero-order chi connectivity index (χ0) is 18.1. The molecule has 0 fully saturated rings. The van der Waals surface area contributed by atoms with Gasteiger partial charge in [-0.3, -0.25) is 0 Å². The summed E-state index contributed by atoms with van der Waals surface area (Å²) in [6.45, 7) is 0.